The van der Waals surface area contributed by atoms with Crippen molar-refractivity contribution >= 4 is 5.97 Å². The van der Waals surface area contributed by atoms with Crippen molar-refractivity contribution in [2.45, 2.75) is 63.7 Å². The van der Waals surface area contributed by atoms with E-state index in [9.17, 15) is 9.90 Å². The van der Waals surface area contributed by atoms with Gasteiger partial charge in [-0.05, 0) is 49.7 Å². The molecule has 2 aromatic rings. The van der Waals surface area contributed by atoms with E-state index in [0.717, 1.165) is 61.0 Å². The Kier molecular flexibility index (Phi) is 4.56. The van der Waals surface area contributed by atoms with Crippen molar-refractivity contribution in [3.8, 4) is 11.1 Å². The lowest BCUT2D eigenvalue weighted by molar-refractivity contribution is 0.0695. The molecule has 130 valence electrons. The van der Waals surface area contributed by atoms with Crippen molar-refractivity contribution in [2.75, 3.05) is 0 Å². The van der Waals surface area contributed by atoms with E-state index in [-0.39, 0.29) is 0 Å². The molecule has 3 nitrogen and oxygen atoms in total. The van der Waals surface area contributed by atoms with Gasteiger partial charge in [0.15, 0.2) is 0 Å². The maximum absolute atomic E-state index is 12.3. The zero-order chi connectivity index (χ0) is 17.2. The summed E-state index contributed by atoms with van der Waals surface area (Å²) >= 11 is 0. The van der Waals surface area contributed by atoms with Crippen LogP contribution in [0, 0.1) is 0 Å². The number of aryl methyl sites for hydroxylation is 1. The van der Waals surface area contributed by atoms with E-state index in [0.29, 0.717) is 11.5 Å². The molecular formula is C22H25NO2. The summed E-state index contributed by atoms with van der Waals surface area (Å²) in [5.74, 6) is -0.512. The van der Waals surface area contributed by atoms with E-state index < -0.39 is 5.97 Å². The molecule has 1 aromatic carbocycles. The lowest BCUT2D eigenvalue weighted by Crippen LogP contribution is -2.15. The number of carboxylic acids is 1. The van der Waals surface area contributed by atoms with Gasteiger partial charge in [0, 0.05) is 17.2 Å². The van der Waals surface area contributed by atoms with Gasteiger partial charge < -0.3 is 5.11 Å². The molecule has 0 amide bonds. The zero-order valence-corrected chi connectivity index (χ0v) is 14.6. The molecule has 0 radical (unpaired) electrons. The average molecular weight is 335 g/mol. The fraction of sp³-hybridized carbons (Fsp3) is 0.455. The predicted octanol–water partition coefficient (Wildman–Crippen LogP) is 5.37. The SMILES string of the molecule is O=C(O)c1c(C2CCCC2)nc2c(c1-c1ccccc1)CCCCC2. The summed E-state index contributed by atoms with van der Waals surface area (Å²) in [5.41, 5.74) is 5.64. The van der Waals surface area contributed by atoms with Gasteiger partial charge in [0.25, 0.3) is 0 Å². The molecule has 1 saturated carbocycles. The molecule has 0 saturated heterocycles. The molecule has 1 fully saturated rings. The summed E-state index contributed by atoms with van der Waals surface area (Å²) in [4.78, 5) is 17.3. The highest BCUT2D eigenvalue weighted by atomic mass is 16.4. The Morgan fingerprint density at radius 3 is 2.40 bits per heavy atom. The Morgan fingerprint density at radius 1 is 0.960 bits per heavy atom. The first-order valence-corrected chi connectivity index (χ1v) is 9.60. The number of pyridine rings is 1. The summed E-state index contributed by atoms with van der Waals surface area (Å²) in [6.07, 6.45) is 9.91. The van der Waals surface area contributed by atoms with Crippen LogP contribution in [0.25, 0.3) is 11.1 Å². The van der Waals surface area contributed by atoms with E-state index in [1.807, 2.05) is 30.3 Å². The van der Waals surface area contributed by atoms with E-state index in [1.165, 1.54) is 24.8 Å². The topological polar surface area (TPSA) is 50.2 Å². The summed E-state index contributed by atoms with van der Waals surface area (Å²) in [6.45, 7) is 0. The van der Waals surface area contributed by atoms with Crippen molar-refractivity contribution in [1.82, 2.24) is 4.98 Å². The molecule has 25 heavy (non-hydrogen) atoms. The minimum Gasteiger partial charge on any atom is -0.478 e. The average Bonchev–Trinajstić information content (AvgIpc) is 3.06. The molecule has 0 spiro atoms. The summed E-state index contributed by atoms with van der Waals surface area (Å²) in [6, 6.07) is 10.1. The molecular weight excluding hydrogens is 310 g/mol. The molecule has 4 rings (SSSR count). The van der Waals surface area contributed by atoms with E-state index in [2.05, 4.69) is 0 Å². The van der Waals surface area contributed by atoms with Gasteiger partial charge >= 0.3 is 5.97 Å². The molecule has 0 unspecified atom stereocenters. The number of benzene rings is 1. The smallest absolute Gasteiger partial charge is 0.338 e. The van der Waals surface area contributed by atoms with Gasteiger partial charge in [0.1, 0.15) is 0 Å². The second-order valence-corrected chi connectivity index (χ2v) is 7.39. The lowest BCUT2D eigenvalue weighted by Gasteiger charge is -2.21. The molecule has 0 aliphatic heterocycles. The van der Waals surface area contributed by atoms with Gasteiger partial charge in [0.05, 0.1) is 11.3 Å². The van der Waals surface area contributed by atoms with Crippen molar-refractivity contribution in [2.24, 2.45) is 0 Å². The first kappa shape index (κ1) is 16.3. The fourth-order valence-corrected chi connectivity index (χ4v) is 4.57. The van der Waals surface area contributed by atoms with Gasteiger partial charge in [-0.25, -0.2) is 4.79 Å². The van der Waals surface area contributed by atoms with Crippen LogP contribution in [0.4, 0.5) is 0 Å². The van der Waals surface area contributed by atoms with Crippen LogP contribution in [0.1, 0.15) is 78.2 Å². The van der Waals surface area contributed by atoms with Crippen molar-refractivity contribution in [3.63, 3.8) is 0 Å². The summed E-state index contributed by atoms with van der Waals surface area (Å²) in [5, 5.41) is 10.1. The Balaban J connectivity index is 2.00. The van der Waals surface area contributed by atoms with Gasteiger partial charge in [0.2, 0.25) is 0 Å². The van der Waals surface area contributed by atoms with Gasteiger partial charge in [-0.3, -0.25) is 4.98 Å². The van der Waals surface area contributed by atoms with E-state index >= 15 is 0 Å². The molecule has 1 aromatic heterocycles. The number of aromatic carboxylic acids is 1. The molecule has 2 aliphatic carbocycles. The van der Waals surface area contributed by atoms with E-state index in [4.69, 9.17) is 4.98 Å². The molecule has 3 heteroatoms. The molecule has 0 bridgehead atoms. The third-order valence-corrected chi connectivity index (χ3v) is 5.77. The van der Waals surface area contributed by atoms with Crippen LogP contribution in [-0.4, -0.2) is 16.1 Å². The van der Waals surface area contributed by atoms with Crippen molar-refractivity contribution < 1.29 is 9.90 Å². The quantitative estimate of drug-likeness (QED) is 0.767. The zero-order valence-electron chi connectivity index (χ0n) is 14.6. The predicted molar refractivity (Wildman–Crippen MR) is 99.1 cm³/mol. The highest BCUT2D eigenvalue weighted by Crippen LogP contribution is 2.41. The summed E-state index contributed by atoms with van der Waals surface area (Å²) < 4.78 is 0. The Bertz CT molecular complexity index is 776. The normalized spacial score (nSPS) is 17.9. The Hall–Kier alpha value is -2.16. The molecule has 1 heterocycles. The lowest BCUT2D eigenvalue weighted by atomic mass is 9.86. The fourth-order valence-electron chi connectivity index (χ4n) is 4.57. The maximum Gasteiger partial charge on any atom is 0.338 e. The highest BCUT2D eigenvalue weighted by molar-refractivity contribution is 5.98. The van der Waals surface area contributed by atoms with Gasteiger partial charge in [-0.2, -0.15) is 0 Å². The number of fused-ring (bicyclic) bond motifs is 1. The Labute approximate surface area is 149 Å². The number of hydrogen-bond acceptors (Lipinski definition) is 2. The van der Waals surface area contributed by atoms with Crippen LogP contribution in [0.3, 0.4) is 0 Å². The molecule has 1 N–H and O–H groups in total. The first-order valence-electron chi connectivity index (χ1n) is 9.60. The van der Waals surface area contributed by atoms with Crippen LogP contribution in [-0.2, 0) is 12.8 Å². The second-order valence-electron chi connectivity index (χ2n) is 7.39. The Morgan fingerprint density at radius 2 is 1.68 bits per heavy atom. The van der Waals surface area contributed by atoms with E-state index in [1.54, 1.807) is 0 Å². The monoisotopic (exact) mass is 335 g/mol. The van der Waals surface area contributed by atoms with Crippen LogP contribution < -0.4 is 0 Å². The first-order chi connectivity index (χ1) is 12.3. The van der Waals surface area contributed by atoms with Crippen molar-refractivity contribution in [3.05, 3.63) is 52.8 Å². The maximum atomic E-state index is 12.3. The number of aromatic nitrogens is 1. The number of rotatable bonds is 3. The number of carboxylic acid groups (broad SMARTS) is 1. The molecule has 0 atom stereocenters. The second kappa shape index (κ2) is 6.99. The minimum absolute atomic E-state index is 0.308. The number of carbonyl (C=O) groups is 1. The highest BCUT2D eigenvalue weighted by Gasteiger charge is 2.30. The third kappa shape index (κ3) is 3.08. The van der Waals surface area contributed by atoms with Crippen LogP contribution in [0.2, 0.25) is 0 Å². The summed E-state index contributed by atoms with van der Waals surface area (Å²) in [7, 11) is 0. The van der Waals surface area contributed by atoms with Gasteiger partial charge in [-0.15, -0.1) is 0 Å². The van der Waals surface area contributed by atoms with Crippen LogP contribution >= 0.6 is 0 Å². The third-order valence-electron chi connectivity index (χ3n) is 5.77. The minimum atomic E-state index is -0.819. The standard InChI is InChI=1S/C22H25NO2/c24-22(25)20-19(15-9-3-1-4-10-15)17-13-5-2-6-14-18(17)23-21(20)16-11-7-8-12-16/h1,3-4,9-10,16H,2,5-8,11-14H2,(H,24,25). The number of nitrogens with zero attached hydrogens (tertiary/aromatic N) is 1. The largest absolute Gasteiger partial charge is 0.478 e. The van der Waals surface area contributed by atoms with Crippen LogP contribution in [0.15, 0.2) is 30.3 Å². The van der Waals surface area contributed by atoms with Gasteiger partial charge in [-0.1, -0.05) is 49.6 Å². The van der Waals surface area contributed by atoms with Crippen LogP contribution in [0.5, 0.6) is 0 Å². The molecule has 2 aliphatic rings. The van der Waals surface area contributed by atoms with Crippen molar-refractivity contribution in [1.29, 1.82) is 0 Å². The number of hydrogen-bond donors (Lipinski definition) is 1.